The predicted molar refractivity (Wildman–Crippen MR) is 84.8 cm³/mol. The molecule has 0 saturated carbocycles. The molecule has 2 radical (unpaired) electrons. The fourth-order valence-corrected chi connectivity index (χ4v) is 2.79. The minimum atomic E-state index is -0.159. The zero-order chi connectivity index (χ0) is 15.2. The standard InChI is InChI=1S/C17H21N3O/c1-12-8-13(2)15(14(3)9-12)19-6-7-20(11-19)16-18-17(4,5)10-21-16/h6-9H,10H2,1-5H3. The Labute approximate surface area is 126 Å². The van der Waals surface area contributed by atoms with Gasteiger partial charge in [0.05, 0.1) is 5.54 Å². The molecule has 2 aliphatic rings. The van der Waals surface area contributed by atoms with E-state index in [1.807, 2.05) is 22.2 Å². The number of aryl methyl sites for hydroxylation is 3. The largest absolute Gasteiger partial charge is 0.462 e. The van der Waals surface area contributed by atoms with E-state index >= 15 is 0 Å². The first-order valence-electron chi connectivity index (χ1n) is 7.19. The quantitative estimate of drug-likeness (QED) is 0.791. The van der Waals surface area contributed by atoms with Crippen LogP contribution in [0.1, 0.15) is 30.5 Å². The Morgan fingerprint density at radius 3 is 2.29 bits per heavy atom. The van der Waals surface area contributed by atoms with E-state index in [0.29, 0.717) is 12.6 Å². The van der Waals surface area contributed by atoms with Gasteiger partial charge in [0, 0.05) is 18.1 Å². The van der Waals surface area contributed by atoms with E-state index in [-0.39, 0.29) is 5.54 Å². The number of amidine groups is 1. The van der Waals surface area contributed by atoms with Crippen LogP contribution in [0, 0.1) is 27.4 Å². The summed E-state index contributed by atoms with van der Waals surface area (Å²) in [5.41, 5.74) is 4.76. The maximum absolute atomic E-state index is 5.65. The normalized spacial score (nSPS) is 20.0. The zero-order valence-corrected chi connectivity index (χ0v) is 13.3. The molecule has 0 amide bonds. The van der Waals surface area contributed by atoms with E-state index in [1.165, 1.54) is 16.7 Å². The van der Waals surface area contributed by atoms with Crippen LogP contribution in [-0.2, 0) is 4.74 Å². The average molecular weight is 283 g/mol. The fourth-order valence-electron chi connectivity index (χ4n) is 2.79. The third-order valence-corrected chi connectivity index (χ3v) is 3.62. The molecule has 1 aromatic carbocycles. The zero-order valence-electron chi connectivity index (χ0n) is 13.3. The lowest BCUT2D eigenvalue weighted by atomic mass is 10.0. The number of benzene rings is 1. The number of rotatable bonds is 1. The Morgan fingerprint density at radius 1 is 1.10 bits per heavy atom. The van der Waals surface area contributed by atoms with Crippen LogP contribution in [0.5, 0.6) is 0 Å². The summed E-state index contributed by atoms with van der Waals surface area (Å²) in [5.74, 6) is 0. The third kappa shape index (κ3) is 2.62. The molecule has 3 rings (SSSR count). The molecule has 0 saturated heterocycles. The molecule has 110 valence electrons. The second kappa shape index (κ2) is 4.79. The van der Waals surface area contributed by atoms with E-state index in [9.17, 15) is 0 Å². The van der Waals surface area contributed by atoms with Crippen LogP contribution in [0.25, 0.3) is 0 Å². The van der Waals surface area contributed by atoms with Crippen molar-refractivity contribution in [2.75, 3.05) is 11.5 Å². The predicted octanol–water partition coefficient (Wildman–Crippen LogP) is 3.37. The van der Waals surface area contributed by atoms with Crippen molar-refractivity contribution in [3.05, 3.63) is 47.9 Å². The van der Waals surface area contributed by atoms with Gasteiger partial charge in [0.2, 0.25) is 6.67 Å². The van der Waals surface area contributed by atoms with Crippen molar-refractivity contribution < 1.29 is 4.74 Å². The number of aliphatic imine (C=N–C) groups is 1. The highest BCUT2D eigenvalue weighted by Crippen LogP contribution is 2.31. The molecule has 0 N–H and O–H groups in total. The molecule has 0 aromatic heterocycles. The summed E-state index contributed by atoms with van der Waals surface area (Å²) in [4.78, 5) is 8.38. The van der Waals surface area contributed by atoms with Crippen molar-refractivity contribution >= 4 is 11.7 Å². The molecule has 0 atom stereocenters. The number of hydrogen-bond acceptors (Lipinski definition) is 4. The van der Waals surface area contributed by atoms with Gasteiger partial charge in [0.25, 0.3) is 6.02 Å². The molecule has 1 aromatic rings. The summed E-state index contributed by atoms with van der Waals surface area (Å²) < 4.78 is 5.65. The van der Waals surface area contributed by atoms with Crippen LogP contribution in [0.4, 0.5) is 5.69 Å². The number of ether oxygens (including phenoxy) is 1. The van der Waals surface area contributed by atoms with E-state index in [0.717, 1.165) is 5.69 Å². The van der Waals surface area contributed by atoms with Crippen molar-refractivity contribution in [3.8, 4) is 0 Å². The van der Waals surface area contributed by atoms with Gasteiger partial charge < -0.3 is 9.64 Å². The monoisotopic (exact) mass is 283 g/mol. The van der Waals surface area contributed by atoms with Gasteiger partial charge >= 0.3 is 0 Å². The van der Waals surface area contributed by atoms with E-state index in [4.69, 9.17) is 4.74 Å². The van der Waals surface area contributed by atoms with Crippen molar-refractivity contribution in [1.29, 1.82) is 0 Å². The van der Waals surface area contributed by atoms with Crippen molar-refractivity contribution in [2.45, 2.75) is 40.2 Å². The van der Waals surface area contributed by atoms with Crippen LogP contribution < -0.4 is 4.90 Å². The Hall–Kier alpha value is -1.97. The van der Waals surface area contributed by atoms with Crippen LogP contribution in [0.3, 0.4) is 0 Å². The maximum atomic E-state index is 5.65. The summed E-state index contributed by atoms with van der Waals surface area (Å²) >= 11 is 0. The van der Waals surface area contributed by atoms with Gasteiger partial charge in [-0.25, -0.2) is 4.99 Å². The molecule has 0 fully saturated rings. The second-order valence-corrected chi connectivity index (χ2v) is 6.38. The Morgan fingerprint density at radius 2 is 1.71 bits per heavy atom. The Kier molecular flexibility index (Phi) is 3.19. The van der Waals surface area contributed by atoms with Crippen LogP contribution >= 0.6 is 0 Å². The van der Waals surface area contributed by atoms with Crippen LogP contribution in [-0.4, -0.2) is 23.1 Å². The molecule has 0 aliphatic carbocycles. The fraction of sp³-hybridized carbons (Fsp3) is 0.412. The van der Waals surface area contributed by atoms with Gasteiger partial charge in [-0.05, 0) is 45.7 Å². The summed E-state index contributed by atoms with van der Waals surface area (Å²) in [6.45, 7) is 14.4. The first kappa shape index (κ1) is 14.0. The van der Waals surface area contributed by atoms with Crippen molar-refractivity contribution in [2.24, 2.45) is 4.99 Å². The molecule has 21 heavy (non-hydrogen) atoms. The summed E-state index contributed by atoms with van der Waals surface area (Å²) in [6, 6.07) is 4.99. The molecular formula is C17H21N3O. The molecule has 0 bridgehead atoms. The van der Waals surface area contributed by atoms with Crippen LogP contribution in [0.15, 0.2) is 29.5 Å². The van der Waals surface area contributed by atoms with E-state index < -0.39 is 0 Å². The topological polar surface area (TPSA) is 28.1 Å². The maximum Gasteiger partial charge on any atom is 0.294 e. The highest BCUT2D eigenvalue weighted by molar-refractivity contribution is 5.80. The number of nitrogens with zero attached hydrogens (tertiary/aromatic N) is 3. The van der Waals surface area contributed by atoms with Crippen LogP contribution in [0.2, 0.25) is 0 Å². The average Bonchev–Trinajstić information content (AvgIpc) is 2.94. The van der Waals surface area contributed by atoms with Gasteiger partial charge in [0.1, 0.15) is 6.61 Å². The minimum absolute atomic E-state index is 0.159. The molecule has 0 unspecified atom stereocenters. The first-order chi connectivity index (χ1) is 9.85. The molecule has 2 aliphatic heterocycles. The third-order valence-electron chi connectivity index (χ3n) is 3.62. The summed E-state index contributed by atoms with van der Waals surface area (Å²) in [6.07, 6.45) is 3.92. The van der Waals surface area contributed by atoms with Gasteiger partial charge in [-0.1, -0.05) is 17.7 Å². The van der Waals surface area contributed by atoms with Crippen molar-refractivity contribution in [3.63, 3.8) is 0 Å². The van der Waals surface area contributed by atoms with E-state index in [2.05, 4.69) is 58.4 Å². The van der Waals surface area contributed by atoms with Gasteiger partial charge in [0.15, 0.2) is 0 Å². The number of anilines is 1. The highest BCUT2D eigenvalue weighted by atomic mass is 16.5. The first-order valence-corrected chi connectivity index (χ1v) is 7.19. The van der Waals surface area contributed by atoms with Gasteiger partial charge in [-0.15, -0.1) is 0 Å². The Balaban J connectivity index is 1.82. The summed E-state index contributed by atoms with van der Waals surface area (Å²) in [7, 11) is 0. The van der Waals surface area contributed by atoms with E-state index in [1.54, 1.807) is 0 Å². The lowest BCUT2D eigenvalue weighted by Crippen LogP contribution is -2.26. The molecule has 0 spiro atoms. The highest BCUT2D eigenvalue weighted by Gasteiger charge is 2.32. The van der Waals surface area contributed by atoms with Gasteiger partial charge in [-0.3, -0.25) is 4.90 Å². The lowest BCUT2D eigenvalue weighted by Gasteiger charge is -2.22. The lowest BCUT2D eigenvalue weighted by molar-refractivity contribution is 0.256. The molecular weight excluding hydrogens is 262 g/mol. The number of hydrogen-bond donors (Lipinski definition) is 0. The second-order valence-electron chi connectivity index (χ2n) is 6.38. The van der Waals surface area contributed by atoms with Crippen molar-refractivity contribution in [1.82, 2.24) is 4.90 Å². The summed E-state index contributed by atoms with van der Waals surface area (Å²) in [5, 5.41) is 0. The molecule has 4 nitrogen and oxygen atoms in total. The molecule has 4 heteroatoms. The smallest absolute Gasteiger partial charge is 0.294 e. The Bertz CT molecular complexity index is 608. The SMILES string of the molecule is Cc1cc(C)c(N2[C]N(C3=NC(C)(C)CO3)C=C2)c(C)c1. The minimum Gasteiger partial charge on any atom is -0.462 e. The molecule has 2 heterocycles. The van der Waals surface area contributed by atoms with Gasteiger partial charge in [-0.2, -0.15) is 0 Å².